The third-order valence-corrected chi connectivity index (χ3v) is 10.5. The highest BCUT2D eigenvalue weighted by molar-refractivity contribution is 8.00. The van der Waals surface area contributed by atoms with Gasteiger partial charge in [-0.25, -0.2) is 4.79 Å². The van der Waals surface area contributed by atoms with Crippen molar-refractivity contribution < 1.29 is 14.3 Å². The minimum Gasteiger partial charge on any atom is -0.457 e. The molecular formula is C38H48N6O4S. The Kier molecular flexibility index (Phi) is 9.08. The first-order chi connectivity index (χ1) is 23.5. The molecule has 1 spiro atoms. The van der Waals surface area contributed by atoms with E-state index in [1.807, 2.05) is 62.3 Å². The summed E-state index contributed by atoms with van der Waals surface area (Å²) < 4.78 is 17.2. The summed E-state index contributed by atoms with van der Waals surface area (Å²) in [5.74, 6) is 3.09. The van der Waals surface area contributed by atoms with Crippen LogP contribution in [0, 0.1) is 11.3 Å². The standard InChI is InChI=1S/C38H48N6O4S/c1-6-49-40-27-10-11-33(31(18-27)32-21-41(5)35(45)34-30(32)12-15-39-34)47-29-9-7-8-28(19-29)44-24-38(25-44)22-42(23-38)20-26-13-16-43(17-14-26)36(46)48-37(2,3)4/h7-12,15,18-19,21,26,39-40H,6,13-14,16-17,20,22-25H2,1-5H3. The van der Waals surface area contributed by atoms with Crippen LogP contribution in [-0.4, -0.2) is 82.6 Å². The number of nitrogens with zero attached hydrogens (tertiary/aromatic N) is 4. The first-order valence-electron chi connectivity index (χ1n) is 17.4. The molecule has 0 saturated carbocycles. The van der Waals surface area contributed by atoms with E-state index < -0.39 is 5.60 Å². The Labute approximate surface area is 292 Å². The quantitative estimate of drug-likeness (QED) is 0.179. The van der Waals surface area contributed by atoms with Gasteiger partial charge in [-0.3, -0.25) is 4.79 Å². The monoisotopic (exact) mass is 684 g/mol. The number of carbonyl (C=O) groups is 1. The first kappa shape index (κ1) is 33.4. The van der Waals surface area contributed by atoms with Crippen molar-refractivity contribution in [3.05, 3.63) is 71.3 Å². The van der Waals surface area contributed by atoms with Crippen LogP contribution in [0.25, 0.3) is 22.0 Å². The molecule has 5 heterocycles. The number of hydrogen-bond acceptors (Lipinski definition) is 8. The number of H-pyrrole nitrogens is 1. The lowest BCUT2D eigenvalue weighted by Crippen LogP contribution is -2.72. The SMILES string of the molecule is CCSNc1ccc(Oc2cccc(N3CC4(CN(CC5CCN(C(=O)OC(C)(C)C)CC5)C4)C3)c2)c(-c2cn(C)c(=O)c3[nH]ccc23)c1. The number of carbonyl (C=O) groups excluding carboxylic acids is 1. The molecule has 2 aromatic carbocycles. The van der Waals surface area contributed by atoms with E-state index in [9.17, 15) is 9.59 Å². The zero-order chi connectivity index (χ0) is 34.3. The van der Waals surface area contributed by atoms with Crippen molar-refractivity contribution in [3.63, 3.8) is 0 Å². The second kappa shape index (κ2) is 13.3. The Morgan fingerprint density at radius 1 is 1.04 bits per heavy atom. The van der Waals surface area contributed by atoms with E-state index in [4.69, 9.17) is 9.47 Å². The number of aromatic amines is 1. The highest BCUT2D eigenvalue weighted by atomic mass is 32.2. The minimum absolute atomic E-state index is 0.0581. The Hall–Kier alpha value is -4.09. The zero-order valence-electron chi connectivity index (χ0n) is 29.3. The summed E-state index contributed by atoms with van der Waals surface area (Å²) in [6.07, 6.45) is 5.60. The predicted molar refractivity (Wildman–Crippen MR) is 199 cm³/mol. The lowest BCUT2D eigenvalue weighted by molar-refractivity contribution is -0.0368. The van der Waals surface area contributed by atoms with Crippen LogP contribution >= 0.6 is 11.9 Å². The van der Waals surface area contributed by atoms with Gasteiger partial charge in [0.1, 0.15) is 22.6 Å². The van der Waals surface area contributed by atoms with Crippen molar-refractivity contribution >= 4 is 40.3 Å². The second-order valence-electron chi connectivity index (χ2n) is 15.0. The van der Waals surface area contributed by atoms with Gasteiger partial charge in [0.25, 0.3) is 5.56 Å². The van der Waals surface area contributed by atoms with E-state index in [-0.39, 0.29) is 11.7 Å². The van der Waals surface area contributed by atoms with Crippen molar-refractivity contribution in [3.8, 4) is 22.6 Å². The number of hydrogen-bond donors (Lipinski definition) is 2. The summed E-state index contributed by atoms with van der Waals surface area (Å²) in [6.45, 7) is 14.9. The van der Waals surface area contributed by atoms with Gasteiger partial charge in [0.05, 0.1) is 0 Å². The number of benzene rings is 2. The maximum absolute atomic E-state index is 12.8. The molecule has 10 nitrogen and oxygen atoms in total. The lowest BCUT2D eigenvalue weighted by Gasteiger charge is -2.61. The van der Waals surface area contributed by atoms with Crippen molar-refractivity contribution in [2.45, 2.75) is 46.1 Å². The van der Waals surface area contributed by atoms with Crippen LogP contribution in [-0.2, 0) is 11.8 Å². The van der Waals surface area contributed by atoms with Gasteiger partial charge in [0, 0.05) is 110 Å². The van der Waals surface area contributed by atoms with Crippen LogP contribution in [0.15, 0.2) is 65.7 Å². The number of amides is 1. The number of pyridine rings is 1. The Morgan fingerprint density at radius 2 is 1.82 bits per heavy atom. The van der Waals surface area contributed by atoms with Gasteiger partial charge in [-0.1, -0.05) is 24.9 Å². The highest BCUT2D eigenvalue weighted by Crippen LogP contribution is 2.44. The normalized spacial score (nSPS) is 18.0. The smallest absolute Gasteiger partial charge is 0.410 e. The number of ether oxygens (including phenoxy) is 2. The van der Waals surface area contributed by atoms with Crippen LogP contribution in [0.2, 0.25) is 0 Å². The van der Waals surface area contributed by atoms with E-state index in [0.717, 1.165) is 98.1 Å². The molecule has 3 aliphatic rings. The Morgan fingerprint density at radius 3 is 2.55 bits per heavy atom. The summed E-state index contributed by atoms with van der Waals surface area (Å²) in [4.78, 5) is 35.3. The molecule has 3 saturated heterocycles. The maximum atomic E-state index is 12.8. The van der Waals surface area contributed by atoms with Crippen LogP contribution in [0.1, 0.15) is 40.5 Å². The van der Waals surface area contributed by atoms with Crippen molar-refractivity contribution in [1.29, 1.82) is 0 Å². The van der Waals surface area contributed by atoms with Gasteiger partial charge >= 0.3 is 6.09 Å². The molecule has 2 aromatic heterocycles. The minimum atomic E-state index is -0.451. The molecule has 2 N–H and O–H groups in total. The van der Waals surface area contributed by atoms with Gasteiger partial charge in [0.15, 0.2) is 0 Å². The molecule has 4 aromatic rings. The van der Waals surface area contributed by atoms with Gasteiger partial charge in [-0.2, -0.15) is 0 Å². The van der Waals surface area contributed by atoms with Crippen molar-refractivity contribution in [2.24, 2.45) is 18.4 Å². The third-order valence-electron chi connectivity index (χ3n) is 9.86. The van der Waals surface area contributed by atoms with Gasteiger partial charge in [-0.15, -0.1) is 0 Å². The number of nitrogens with one attached hydrogen (secondary N) is 2. The highest BCUT2D eigenvalue weighted by Gasteiger charge is 2.52. The van der Waals surface area contributed by atoms with Crippen LogP contribution in [0.4, 0.5) is 16.2 Å². The number of fused-ring (bicyclic) bond motifs is 1. The Bertz CT molecular complexity index is 1880. The molecule has 260 valence electrons. The molecule has 1 amide bonds. The first-order valence-corrected chi connectivity index (χ1v) is 18.4. The third kappa shape index (κ3) is 7.14. The molecule has 11 heteroatoms. The summed E-state index contributed by atoms with van der Waals surface area (Å²) in [5.41, 5.74) is 4.44. The topological polar surface area (TPSA) is 95.1 Å². The number of piperidine rings is 1. The zero-order valence-corrected chi connectivity index (χ0v) is 30.1. The fourth-order valence-corrected chi connectivity index (χ4v) is 8.01. The van der Waals surface area contributed by atoms with Crippen molar-refractivity contribution in [1.82, 2.24) is 19.4 Å². The number of anilines is 2. The average molecular weight is 685 g/mol. The maximum Gasteiger partial charge on any atom is 0.410 e. The number of aryl methyl sites for hydroxylation is 1. The molecule has 3 aliphatic heterocycles. The number of rotatable bonds is 9. The van der Waals surface area contributed by atoms with E-state index in [1.165, 1.54) is 5.69 Å². The van der Waals surface area contributed by atoms with E-state index in [1.54, 1.807) is 23.6 Å². The van der Waals surface area contributed by atoms with E-state index in [2.05, 4.69) is 50.7 Å². The van der Waals surface area contributed by atoms with Crippen LogP contribution in [0.5, 0.6) is 11.5 Å². The molecule has 0 atom stereocenters. The number of likely N-dealkylation sites (tertiary alicyclic amines) is 2. The predicted octanol–water partition coefficient (Wildman–Crippen LogP) is 7.18. The van der Waals surface area contributed by atoms with Crippen LogP contribution in [0.3, 0.4) is 0 Å². The van der Waals surface area contributed by atoms with Crippen LogP contribution < -0.4 is 19.9 Å². The summed E-state index contributed by atoms with van der Waals surface area (Å²) >= 11 is 1.64. The van der Waals surface area contributed by atoms with Gasteiger partial charge < -0.3 is 38.4 Å². The molecule has 49 heavy (non-hydrogen) atoms. The molecule has 0 radical (unpaired) electrons. The summed E-state index contributed by atoms with van der Waals surface area (Å²) in [7, 11) is 1.78. The Balaban J connectivity index is 0.978. The summed E-state index contributed by atoms with van der Waals surface area (Å²) in [6, 6.07) is 16.5. The van der Waals surface area contributed by atoms with E-state index >= 15 is 0 Å². The van der Waals surface area contributed by atoms with Crippen molar-refractivity contribution in [2.75, 3.05) is 61.2 Å². The molecule has 3 fully saturated rings. The second-order valence-corrected chi connectivity index (χ2v) is 16.1. The molecule has 0 bridgehead atoms. The fourth-order valence-electron chi connectivity index (χ4n) is 7.57. The van der Waals surface area contributed by atoms with Gasteiger partial charge in [0.2, 0.25) is 0 Å². The number of aromatic nitrogens is 2. The van der Waals surface area contributed by atoms with Gasteiger partial charge in [-0.05, 0) is 75.9 Å². The largest absolute Gasteiger partial charge is 0.457 e. The lowest BCUT2D eigenvalue weighted by atomic mass is 9.72. The molecule has 7 rings (SSSR count). The fraction of sp³-hybridized carbons (Fsp3) is 0.474. The van der Waals surface area contributed by atoms with E-state index in [0.29, 0.717) is 16.8 Å². The molecule has 0 aliphatic carbocycles. The average Bonchev–Trinajstić information content (AvgIpc) is 3.53. The summed E-state index contributed by atoms with van der Waals surface area (Å²) in [5, 5.41) is 0.869. The molecular weight excluding hydrogens is 637 g/mol. The molecule has 0 unspecified atom stereocenters.